The van der Waals surface area contributed by atoms with Gasteiger partial charge in [-0.3, -0.25) is 9.48 Å². The molecule has 30 heavy (non-hydrogen) atoms. The van der Waals surface area contributed by atoms with Crippen LogP contribution in [0, 0.1) is 0 Å². The second-order valence-corrected chi connectivity index (χ2v) is 7.28. The Morgan fingerprint density at radius 2 is 1.87 bits per heavy atom. The first-order valence-corrected chi connectivity index (χ1v) is 10.4. The van der Waals surface area contributed by atoms with Crippen molar-refractivity contribution < 1.29 is 9.53 Å². The molecule has 0 bridgehead atoms. The van der Waals surface area contributed by atoms with Gasteiger partial charge >= 0.3 is 0 Å². The van der Waals surface area contributed by atoms with Gasteiger partial charge in [0.2, 0.25) is 5.91 Å². The van der Waals surface area contributed by atoms with Crippen LogP contribution in [0.2, 0.25) is 0 Å². The number of nitrogens with one attached hydrogen (secondary N) is 2. The summed E-state index contributed by atoms with van der Waals surface area (Å²) in [5, 5.41) is 11.1. The summed E-state index contributed by atoms with van der Waals surface area (Å²) in [5.41, 5.74) is 3.99. The van der Waals surface area contributed by atoms with Gasteiger partial charge in [0.05, 0.1) is 19.7 Å². The van der Waals surface area contributed by atoms with E-state index in [1.807, 2.05) is 67.2 Å². The standard InChI is InChI=1S/C24H30N4O2/c1-4-14-25-24(29)18(2)26-15-20-17-28(16-19-10-6-5-7-11-19)27-23(20)21-12-8-9-13-22(21)30-3/h5-13,17-18,26H,4,14-16H2,1-3H3,(H,25,29). The highest BCUT2D eigenvalue weighted by atomic mass is 16.5. The molecule has 6 nitrogen and oxygen atoms in total. The Kier molecular flexibility index (Phi) is 7.63. The van der Waals surface area contributed by atoms with Gasteiger partial charge in [0, 0.05) is 30.4 Å². The number of carbonyl (C=O) groups excluding carboxylic acids is 1. The molecule has 0 aliphatic rings. The van der Waals surface area contributed by atoms with Gasteiger partial charge in [-0.2, -0.15) is 5.10 Å². The van der Waals surface area contributed by atoms with Crippen LogP contribution in [0.5, 0.6) is 5.75 Å². The second-order valence-electron chi connectivity index (χ2n) is 7.28. The quantitative estimate of drug-likeness (QED) is 0.540. The van der Waals surface area contributed by atoms with Gasteiger partial charge < -0.3 is 15.4 Å². The van der Waals surface area contributed by atoms with Gasteiger partial charge in [0.25, 0.3) is 0 Å². The Bertz CT molecular complexity index is 953. The minimum atomic E-state index is -0.292. The van der Waals surface area contributed by atoms with Crippen LogP contribution in [0.25, 0.3) is 11.3 Å². The first-order chi connectivity index (χ1) is 14.6. The van der Waals surface area contributed by atoms with E-state index in [-0.39, 0.29) is 11.9 Å². The predicted molar refractivity (Wildman–Crippen MR) is 119 cm³/mol. The van der Waals surface area contributed by atoms with E-state index in [4.69, 9.17) is 9.84 Å². The molecule has 3 rings (SSSR count). The first kappa shape index (κ1) is 21.6. The Morgan fingerprint density at radius 3 is 2.60 bits per heavy atom. The normalized spacial score (nSPS) is 11.8. The van der Waals surface area contributed by atoms with E-state index in [9.17, 15) is 4.79 Å². The summed E-state index contributed by atoms with van der Waals surface area (Å²) in [6, 6.07) is 17.8. The molecule has 1 aromatic heterocycles. The number of carbonyl (C=O) groups is 1. The van der Waals surface area contributed by atoms with Crippen molar-refractivity contribution in [3.05, 3.63) is 71.9 Å². The fourth-order valence-corrected chi connectivity index (χ4v) is 3.27. The summed E-state index contributed by atoms with van der Waals surface area (Å²) in [6.45, 7) is 5.81. The lowest BCUT2D eigenvalue weighted by Gasteiger charge is -2.14. The van der Waals surface area contributed by atoms with Crippen LogP contribution in [0.1, 0.15) is 31.4 Å². The average molecular weight is 407 g/mol. The molecule has 1 amide bonds. The fourth-order valence-electron chi connectivity index (χ4n) is 3.27. The van der Waals surface area contributed by atoms with Crippen molar-refractivity contribution in [2.24, 2.45) is 0 Å². The number of benzene rings is 2. The maximum atomic E-state index is 12.2. The number of hydrogen-bond acceptors (Lipinski definition) is 4. The molecule has 0 aliphatic carbocycles. The van der Waals surface area contributed by atoms with E-state index in [1.165, 1.54) is 5.56 Å². The lowest BCUT2D eigenvalue weighted by atomic mass is 10.1. The molecule has 1 atom stereocenters. The summed E-state index contributed by atoms with van der Waals surface area (Å²) in [4.78, 5) is 12.2. The number of ether oxygens (including phenoxy) is 1. The molecule has 6 heteroatoms. The number of aromatic nitrogens is 2. The van der Waals surface area contributed by atoms with Crippen LogP contribution in [-0.4, -0.2) is 35.4 Å². The van der Waals surface area contributed by atoms with Crippen LogP contribution in [0.15, 0.2) is 60.8 Å². The highest BCUT2D eigenvalue weighted by Gasteiger charge is 2.17. The topological polar surface area (TPSA) is 68.2 Å². The molecule has 1 unspecified atom stereocenters. The van der Waals surface area contributed by atoms with Crippen molar-refractivity contribution in [1.29, 1.82) is 0 Å². The number of methoxy groups -OCH3 is 1. The van der Waals surface area contributed by atoms with Crippen LogP contribution in [-0.2, 0) is 17.9 Å². The van der Waals surface area contributed by atoms with E-state index in [1.54, 1.807) is 7.11 Å². The molecule has 158 valence electrons. The highest BCUT2D eigenvalue weighted by molar-refractivity contribution is 5.81. The summed E-state index contributed by atoms with van der Waals surface area (Å²) < 4.78 is 7.50. The molecular formula is C24H30N4O2. The highest BCUT2D eigenvalue weighted by Crippen LogP contribution is 2.31. The van der Waals surface area contributed by atoms with Crippen molar-refractivity contribution in [3.63, 3.8) is 0 Å². The maximum absolute atomic E-state index is 12.2. The number of para-hydroxylation sites is 1. The monoisotopic (exact) mass is 406 g/mol. The largest absolute Gasteiger partial charge is 0.496 e. The van der Waals surface area contributed by atoms with Gasteiger partial charge in [0.1, 0.15) is 11.4 Å². The zero-order valence-corrected chi connectivity index (χ0v) is 17.9. The lowest BCUT2D eigenvalue weighted by Crippen LogP contribution is -2.42. The number of amides is 1. The summed E-state index contributed by atoms with van der Waals surface area (Å²) >= 11 is 0. The summed E-state index contributed by atoms with van der Waals surface area (Å²) in [7, 11) is 1.66. The molecule has 1 heterocycles. The van der Waals surface area contributed by atoms with Crippen molar-refractivity contribution in [2.75, 3.05) is 13.7 Å². The minimum Gasteiger partial charge on any atom is -0.496 e. The van der Waals surface area contributed by atoms with Crippen LogP contribution in [0.4, 0.5) is 0 Å². The van der Waals surface area contributed by atoms with Crippen LogP contribution in [0.3, 0.4) is 0 Å². The van der Waals surface area contributed by atoms with Gasteiger partial charge in [0.15, 0.2) is 0 Å². The Morgan fingerprint density at radius 1 is 1.13 bits per heavy atom. The SMILES string of the molecule is CCCNC(=O)C(C)NCc1cn(Cc2ccccc2)nc1-c1ccccc1OC. The molecule has 0 fully saturated rings. The smallest absolute Gasteiger partial charge is 0.236 e. The Labute approximate surface area is 178 Å². The zero-order valence-electron chi connectivity index (χ0n) is 17.9. The van der Waals surface area contributed by atoms with E-state index >= 15 is 0 Å². The molecule has 2 aromatic carbocycles. The predicted octanol–water partition coefficient (Wildman–Crippen LogP) is 3.61. The first-order valence-electron chi connectivity index (χ1n) is 10.4. The Hall–Kier alpha value is -3.12. The molecule has 3 aromatic rings. The van der Waals surface area contributed by atoms with Crippen molar-refractivity contribution in [3.8, 4) is 17.0 Å². The number of rotatable bonds is 10. The lowest BCUT2D eigenvalue weighted by molar-refractivity contribution is -0.122. The molecule has 0 spiro atoms. The average Bonchev–Trinajstić information content (AvgIpc) is 3.18. The van der Waals surface area contributed by atoms with Gasteiger partial charge in [-0.25, -0.2) is 0 Å². The van der Waals surface area contributed by atoms with Crippen molar-refractivity contribution in [1.82, 2.24) is 20.4 Å². The summed E-state index contributed by atoms with van der Waals surface area (Å²) in [6.07, 6.45) is 2.96. The third kappa shape index (κ3) is 5.48. The maximum Gasteiger partial charge on any atom is 0.236 e. The summed E-state index contributed by atoms with van der Waals surface area (Å²) in [5.74, 6) is 0.782. The van der Waals surface area contributed by atoms with Crippen LogP contribution >= 0.6 is 0 Å². The molecule has 0 aliphatic heterocycles. The molecule has 2 N–H and O–H groups in total. The van der Waals surface area contributed by atoms with Gasteiger partial charge in [-0.1, -0.05) is 49.4 Å². The van der Waals surface area contributed by atoms with Crippen molar-refractivity contribution >= 4 is 5.91 Å². The molecule has 0 saturated heterocycles. The number of hydrogen-bond donors (Lipinski definition) is 2. The third-order valence-electron chi connectivity index (χ3n) is 4.93. The zero-order chi connectivity index (χ0) is 21.3. The fraction of sp³-hybridized carbons (Fsp3) is 0.333. The second kappa shape index (κ2) is 10.6. The Balaban J connectivity index is 1.85. The molecular weight excluding hydrogens is 376 g/mol. The molecule has 0 radical (unpaired) electrons. The van der Waals surface area contributed by atoms with Gasteiger partial charge in [-0.05, 0) is 31.0 Å². The number of nitrogens with zero attached hydrogens (tertiary/aromatic N) is 2. The van der Waals surface area contributed by atoms with E-state index in [2.05, 4.69) is 22.8 Å². The van der Waals surface area contributed by atoms with Crippen molar-refractivity contribution in [2.45, 2.75) is 39.4 Å². The molecule has 0 saturated carbocycles. The van der Waals surface area contributed by atoms with E-state index in [0.717, 1.165) is 29.0 Å². The van der Waals surface area contributed by atoms with Crippen LogP contribution < -0.4 is 15.4 Å². The minimum absolute atomic E-state index is 0.00682. The van der Waals surface area contributed by atoms with E-state index < -0.39 is 0 Å². The third-order valence-corrected chi connectivity index (χ3v) is 4.93. The van der Waals surface area contributed by atoms with Gasteiger partial charge in [-0.15, -0.1) is 0 Å². The van der Waals surface area contributed by atoms with E-state index in [0.29, 0.717) is 19.6 Å².